The number of nitrogens with zero attached hydrogens (tertiary/aromatic N) is 1. The molecule has 2 aromatic rings. The Morgan fingerprint density at radius 2 is 1.83 bits per heavy atom. The smallest absolute Gasteiger partial charge is 0.123 e. The molecule has 0 aliphatic carbocycles. The van der Waals surface area contributed by atoms with E-state index in [-0.39, 0.29) is 11.2 Å². The highest BCUT2D eigenvalue weighted by molar-refractivity contribution is 6.42. The van der Waals surface area contributed by atoms with Crippen LogP contribution < -0.4 is 10.2 Å². The Labute approximate surface area is 151 Å². The second-order valence-electron chi connectivity index (χ2n) is 6.80. The van der Waals surface area contributed by atoms with Crippen LogP contribution in [0.4, 0.5) is 10.1 Å². The number of fused-ring (bicyclic) bond motifs is 2. The first-order valence-electron chi connectivity index (χ1n) is 8.27. The van der Waals surface area contributed by atoms with Gasteiger partial charge >= 0.3 is 0 Å². The quantitative estimate of drug-likeness (QED) is 0.825. The third kappa shape index (κ3) is 2.79. The molecule has 126 valence electrons. The van der Waals surface area contributed by atoms with Gasteiger partial charge in [-0.3, -0.25) is 0 Å². The Morgan fingerprint density at radius 3 is 2.58 bits per heavy atom. The fourth-order valence-corrected chi connectivity index (χ4v) is 4.40. The van der Waals surface area contributed by atoms with Crippen LogP contribution in [0.1, 0.15) is 24.0 Å². The summed E-state index contributed by atoms with van der Waals surface area (Å²) in [4.78, 5) is 2.35. The highest BCUT2D eigenvalue weighted by Crippen LogP contribution is 2.46. The van der Waals surface area contributed by atoms with Gasteiger partial charge in [-0.2, -0.15) is 0 Å². The predicted molar refractivity (Wildman–Crippen MR) is 97.7 cm³/mol. The Bertz CT molecular complexity index is 772. The Balaban J connectivity index is 1.69. The van der Waals surface area contributed by atoms with Crippen molar-refractivity contribution >= 4 is 28.9 Å². The van der Waals surface area contributed by atoms with Gasteiger partial charge in [0.25, 0.3) is 0 Å². The van der Waals surface area contributed by atoms with Crippen LogP contribution in [0.3, 0.4) is 0 Å². The molecule has 0 saturated carbocycles. The zero-order valence-electron chi connectivity index (χ0n) is 13.3. The van der Waals surface area contributed by atoms with Gasteiger partial charge in [0.2, 0.25) is 0 Å². The van der Waals surface area contributed by atoms with Crippen LogP contribution in [0, 0.1) is 5.82 Å². The van der Waals surface area contributed by atoms with Crippen molar-refractivity contribution in [2.24, 2.45) is 0 Å². The molecule has 0 aromatic heterocycles. The fourth-order valence-electron chi connectivity index (χ4n) is 4.08. The Kier molecular flexibility index (Phi) is 4.19. The minimum Gasteiger partial charge on any atom is -0.366 e. The number of piperidine rings is 1. The van der Waals surface area contributed by atoms with E-state index in [9.17, 15) is 4.39 Å². The molecule has 1 N–H and O–H groups in total. The van der Waals surface area contributed by atoms with Crippen LogP contribution in [0.15, 0.2) is 36.4 Å². The second kappa shape index (κ2) is 6.21. The average molecular weight is 365 g/mol. The van der Waals surface area contributed by atoms with Crippen LogP contribution in [0.5, 0.6) is 0 Å². The van der Waals surface area contributed by atoms with Crippen molar-refractivity contribution in [2.45, 2.75) is 24.8 Å². The molecule has 1 spiro atoms. The standard InChI is InChI=1S/C19H19Cl2FN2/c20-16-3-1-13(9-17(16)21)11-24-12-19(5-7-23-8-6-19)15-10-14(22)2-4-18(15)24/h1-4,9-10,23H,5-8,11-12H2. The molecule has 2 aliphatic heterocycles. The lowest BCUT2D eigenvalue weighted by molar-refractivity contribution is 0.324. The van der Waals surface area contributed by atoms with Crippen LogP contribution in [-0.2, 0) is 12.0 Å². The molecule has 1 saturated heterocycles. The van der Waals surface area contributed by atoms with E-state index in [2.05, 4.69) is 10.2 Å². The fraction of sp³-hybridized carbons (Fsp3) is 0.368. The average Bonchev–Trinajstić information content (AvgIpc) is 2.85. The number of rotatable bonds is 2. The first-order chi connectivity index (χ1) is 11.6. The number of halogens is 3. The normalized spacial score (nSPS) is 18.9. The molecule has 2 aromatic carbocycles. The van der Waals surface area contributed by atoms with Gasteiger partial charge in [-0.15, -0.1) is 0 Å². The number of hydrogen-bond donors (Lipinski definition) is 1. The van der Waals surface area contributed by atoms with Crippen molar-refractivity contribution in [1.29, 1.82) is 0 Å². The minimum atomic E-state index is -0.150. The van der Waals surface area contributed by atoms with E-state index >= 15 is 0 Å². The van der Waals surface area contributed by atoms with Crippen molar-refractivity contribution in [3.8, 4) is 0 Å². The lowest BCUT2D eigenvalue weighted by atomic mass is 9.75. The van der Waals surface area contributed by atoms with Gasteiger partial charge in [0.1, 0.15) is 5.82 Å². The van der Waals surface area contributed by atoms with E-state index in [1.165, 1.54) is 0 Å². The molecule has 2 heterocycles. The molecule has 2 nitrogen and oxygen atoms in total. The van der Waals surface area contributed by atoms with E-state index in [1.54, 1.807) is 12.1 Å². The van der Waals surface area contributed by atoms with Crippen molar-refractivity contribution in [2.75, 3.05) is 24.5 Å². The molecule has 0 bridgehead atoms. The van der Waals surface area contributed by atoms with Gasteiger partial charge in [-0.05, 0) is 67.4 Å². The topological polar surface area (TPSA) is 15.3 Å². The molecule has 1 fully saturated rings. The van der Waals surface area contributed by atoms with Crippen LogP contribution in [0.25, 0.3) is 0 Å². The highest BCUT2D eigenvalue weighted by atomic mass is 35.5. The van der Waals surface area contributed by atoms with Crippen molar-refractivity contribution in [3.05, 3.63) is 63.4 Å². The summed E-state index contributed by atoms with van der Waals surface area (Å²) in [6.07, 6.45) is 2.09. The maximum Gasteiger partial charge on any atom is 0.123 e. The number of anilines is 1. The predicted octanol–water partition coefficient (Wildman–Crippen LogP) is 4.77. The molecule has 0 radical (unpaired) electrons. The Hall–Kier alpha value is -1.29. The van der Waals surface area contributed by atoms with Gasteiger partial charge < -0.3 is 10.2 Å². The number of nitrogens with one attached hydrogen (secondary N) is 1. The van der Waals surface area contributed by atoms with E-state index in [0.717, 1.165) is 55.8 Å². The molecule has 4 rings (SSSR count). The van der Waals surface area contributed by atoms with Gasteiger partial charge in [0.15, 0.2) is 0 Å². The summed E-state index contributed by atoms with van der Waals surface area (Å²) in [5.74, 6) is -0.150. The summed E-state index contributed by atoms with van der Waals surface area (Å²) in [7, 11) is 0. The molecular weight excluding hydrogens is 346 g/mol. The van der Waals surface area contributed by atoms with E-state index in [4.69, 9.17) is 23.2 Å². The molecule has 5 heteroatoms. The van der Waals surface area contributed by atoms with Gasteiger partial charge in [-0.25, -0.2) is 4.39 Å². The SMILES string of the molecule is Fc1ccc2c(c1)C1(CCNCC1)CN2Cc1ccc(Cl)c(Cl)c1. The molecule has 0 atom stereocenters. The summed E-state index contributed by atoms with van der Waals surface area (Å²) >= 11 is 12.2. The van der Waals surface area contributed by atoms with Crippen LogP contribution in [-0.4, -0.2) is 19.6 Å². The zero-order valence-corrected chi connectivity index (χ0v) is 14.8. The van der Waals surface area contributed by atoms with E-state index in [0.29, 0.717) is 10.0 Å². The van der Waals surface area contributed by atoms with Crippen molar-refractivity contribution in [3.63, 3.8) is 0 Å². The van der Waals surface area contributed by atoms with Gasteiger partial charge in [0.05, 0.1) is 10.0 Å². The molecule has 0 amide bonds. The van der Waals surface area contributed by atoms with E-state index < -0.39 is 0 Å². The molecule has 24 heavy (non-hydrogen) atoms. The molecule has 2 aliphatic rings. The van der Waals surface area contributed by atoms with Gasteiger partial charge in [0, 0.05) is 24.2 Å². The first-order valence-corrected chi connectivity index (χ1v) is 9.03. The van der Waals surface area contributed by atoms with E-state index in [1.807, 2.05) is 24.3 Å². The monoisotopic (exact) mass is 364 g/mol. The lowest BCUT2D eigenvalue weighted by Gasteiger charge is -2.35. The highest BCUT2D eigenvalue weighted by Gasteiger charge is 2.43. The number of hydrogen-bond acceptors (Lipinski definition) is 2. The summed E-state index contributed by atoms with van der Waals surface area (Å²) in [5.41, 5.74) is 3.47. The molecular formula is C19H19Cl2FN2. The first kappa shape index (κ1) is 16.2. The maximum atomic E-state index is 13.9. The largest absolute Gasteiger partial charge is 0.366 e. The molecule has 0 unspecified atom stereocenters. The third-order valence-electron chi connectivity index (χ3n) is 5.28. The minimum absolute atomic E-state index is 0.0545. The maximum absolute atomic E-state index is 13.9. The van der Waals surface area contributed by atoms with Gasteiger partial charge in [-0.1, -0.05) is 29.3 Å². The van der Waals surface area contributed by atoms with Crippen molar-refractivity contribution in [1.82, 2.24) is 5.32 Å². The second-order valence-corrected chi connectivity index (χ2v) is 7.61. The third-order valence-corrected chi connectivity index (χ3v) is 6.02. The van der Waals surface area contributed by atoms with Crippen molar-refractivity contribution < 1.29 is 4.39 Å². The summed E-state index contributed by atoms with van der Waals surface area (Å²) < 4.78 is 13.9. The zero-order chi connectivity index (χ0) is 16.7. The Morgan fingerprint density at radius 1 is 1.04 bits per heavy atom. The van der Waals surface area contributed by atoms with Crippen LogP contribution in [0.2, 0.25) is 10.0 Å². The number of benzene rings is 2. The van der Waals surface area contributed by atoms with Crippen LogP contribution >= 0.6 is 23.2 Å². The summed E-state index contributed by atoms with van der Waals surface area (Å²) in [6.45, 7) is 3.64. The summed E-state index contributed by atoms with van der Waals surface area (Å²) in [6, 6.07) is 11.0. The lowest BCUT2D eigenvalue weighted by Crippen LogP contribution is -2.43. The summed E-state index contributed by atoms with van der Waals surface area (Å²) in [5, 5.41) is 4.56.